The van der Waals surface area contributed by atoms with Crippen LogP contribution in [0.3, 0.4) is 0 Å². The van der Waals surface area contributed by atoms with Crippen LogP contribution in [0.4, 0.5) is 0 Å². The number of carboxylic acids is 3. The van der Waals surface area contributed by atoms with E-state index in [2.05, 4.69) is 0 Å². The number of hydrogen-bond donors (Lipinski definition) is 0. The number of carbonyl (C=O) groups excluding carboxylic acids is 3. The quantitative estimate of drug-likeness (QED) is 0.391. The molecule has 15 heavy (non-hydrogen) atoms. The summed E-state index contributed by atoms with van der Waals surface area (Å²) in [6.07, 6.45) is 0. The Morgan fingerprint density at radius 1 is 0.600 bits per heavy atom. The predicted octanol–water partition coefficient (Wildman–Crippen LogP) is -12.7. The van der Waals surface area contributed by atoms with Crippen molar-refractivity contribution in [2.24, 2.45) is 0 Å². The van der Waals surface area contributed by atoms with Crippen LogP contribution in [-0.2, 0) is 14.4 Å². The Kier molecular flexibility index (Phi) is 70.8. The SMILES string of the molecule is CC(=O)[O-].CC(=O)[O-].CC(=O)[O-].[Na+].[Na+].[Na+]. The van der Waals surface area contributed by atoms with Crippen LogP contribution >= 0.6 is 0 Å². The molecule has 0 aromatic heterocycles. The molecule has 0 spiro atoms. The summed E-state index contributed by atoms with van der Waals surface area (Å²) >= 11 is 0. The van der Waals surface area contributed by atoms with Gasteiger partial charge in [-0.05, 0) is 20.8 Å². The first-order valence-corrected chi connectivity index (χ1v) is 2.72. The number of aliphatic carboxylic acids is 3. The Labute approximate surface area is 155 Å². The topological polar surface area (TPSA) is 120 Å². The van der Waals surface area contributed by atoms with Crippen LogP contribution in [0.1, 0.15) is 20.8 Å². The van der Waals surface area contributed by atoms with Crippen molar-refractivity contribution in [2.45, 2.75) is 20.8 Å². The van der Waals surface area contributed by atoms with Crippen molar-refractivity contribution in [3.8, 4) is 0 Å². The van der Waals surface area contributed by atoms with E-state index in [9.17, 15) is 0 Å². The third kappa shape index (κ3) is 1390. The first-order valence-electron chi connectivity index (χ1n) is 2.72. The molecule has 9 heteroatoms. The molecule has 0 heterocycles. The molecule has 0 aliphatic heterocycles. The molecule has 0 aromatic carbocycles. The fraction of sp³-hybridized carbons (Fsp3) is 0.500. The van der Waals surface area contributed by atoms with Gasteiger partial charge in [0.2, 0.25) is 0 Å². The molecule has 0 fully saturated rings. The van der Waals surface area contributed by atoms with Crippen LogP contribution in [0.5, 0.6) is 0 Å². The molecule has 0 saturated heterocycles. The van der Waals surface area contributed by atoms with Crippen LogP contribution in [0.2, 0.25) is 0 Å². The maximum absolute atomic E-state index is 8.89. The van der Waals surface area contributed by atoms with Crippen molar-refractivity contribution in [2.75, 3.05) is 0 Å². The van der Waals surface area contributed by atoms with Gasteiger partial charge in [0.1, 0.15) is 0 Å². The third-order valence-corrected chi connectivity index (χ3v) is 0. The molecule has 0 rings (SSSR count). The van der Waals surface area contributed by atoms with Crippen molar-refractivity contribution < 1.29 is 118 Å². The van der Waals surface area contributed by atoms with E-state index in [-0.39, 0.29) is 88.7 Å². The summed E-state index contributed by atoms with van der Waals surface area (Å²) in [4.78, 5) is 26.7. The molecule has 0 aliphatic rings. The van der Waals surface area contributed by atoms with Gasteiger partial charge in [-0.1, -0.05) is 0 Å². The molecule has 0 unspecified atom stereocenters. The number of carbonyl (C=O) groups is 3. The fourth-order valence-electron chi connectivity index (χ4n) is 0. The summed E-state index contributed by atoms with van der Waals surface area (Å²) in [7, 11) is 0. The van der Waals surface area contributed by atoms with E-state index >= 15 is 0 Å². The molecule has 0 bridgehead atoms. The Morgan fingerprint density at radius 3 is 0.600 bits per heavy atom. The van der Waals surface area contributed by atoms with Gasteiger partial charge in [-0.15, -0.1) is 0 Å². The smallest absolute Gasteiger partial charge is 0.550 e. The zero-order valence-corrected chi connectivity index (χ0v) is 15.9. The number of hydrogen-bond acceptors (Lipinski definition) is 6. The van der Waals surface area contributed by atoms with E-state index in [0.717, 1.165) is 20.8 Å². The Balaban J connectivity index is -0.0000000184. The van der Waals surface area contributed by atoms with Gasteiger partial charge in [0.15, 0.2) is 0 Å². The Hall–Kier alpha value is 1.41. The molecule has 72 valence electrons. The second-order valence-electron chi connectivity index (χ2n) is 1.47. The molecular weight excluding hydrogens is 237 g/mol. The van der Waals surface area contributed by atoms with E-state index in [1.54, 1.807) is 0 Å². The minimum atomic E-state index is -1.08. The number of rotatable bonds is 0. The summed E-state index contributed by atoms with van der Waals surface area (Å²) < 4.78 is 0. The summed E-state index contributed by atoms with van der Waals surface area (Å²) in [5, 5.41) is 26.7. The molecule has 0 amide bonds. The van der Waals surface area contributed by atoms with Crippen LogP contribution in [0, 0.1) is 0 Å². The first-order chi connectivity index (χ1) is 5.20. The maximum Gasteiger partial charge on any atom is 1.00 e. The van der Waals surface area contributed by atoms with Crippen molar-refractivity contribution in [3.05, 3.63) is 0 Å². The summed E-state index contributed by atoms with van der Waals surface area (Å²) in [6.45, 7) is 2.92. The molecular formula is C6H9Na3O6. The van der Waals surface area contributed by atoms with Gasteiger partial charge in [0.25, 0.3) is 0 Å². The predicted molar refractivity (Wildman–Crippen MR) is 32.0 cm³/mol. The molecule has 0 saturated carbocycles. The maximum atomic E-state index is 8.89. The van der Waals surface area contributed by atoms with Gasteiger partial charge in [-0.2, -0.15) is 0 Å². The van der Waals surface area contributed by atoms with Gasteiger partial charge in [0, 0.05) is 17.9 Å². The molecule has 0 N–H and O–H groups in total. The minimum Gasteiger partial charge on any atom is -0.550 e. The zero-order valence-electron chi connectivity index (χ0n) is 9.95. The average Bonchev–Trinajstić information content (AvgIpc) is 1.54. The first kappa shape index (κ1) is 36.0. The van der Waals surface area contributed by atoms with Gasteiger partial charge >= 0.3 is 88.7 Å². The van der Waals surface area contributed by atoms with Crippen molar-refractivity contribution in [1.82, 2.24) is 0 Å². The Morgan fingerprint density at radius 2 is 0.600 bits per heavy atom. The average molecular weight is 246 g/mol. The van der Waals surface area contributed by atoms with E-state index in [1.807, 2.05) is 0 Å². The zero-order chi connectivity index (χ0) is 10.7. The van der Waals surface area contributed by atoms with Gasteiger partial charge in [0.05, 0.1) is 0 Å². The monoisotopic (exact) mass is 246 g/mol. The van der Waals surface area contributed by atoms with Crippen LogP contribution in [0.15, 0.2) is 0 Å². The van der Waals surface area contributed by atoms with E-state index in [0.29, 0.717) is 0 Å². The van der Waals surface area contributed by atoms with Crippen molar-refractivity contribution in [1.29, 1.82) is 0 Å². The van der Waals surface area contributed by atoms with Gasteiger partial charge in [-0.3, -0.25) is 0 Å². The van der Waals surface area contributed by atoms with E-state index in [4.69, 9.17) is 29.7 Å². The Bertz CT molecular complexity index is 120. The second-order valence-corrected chi connectivity index (χ2v) is 1.47. The largest absolute Gasteiger partial charge is 1.00 e. The van der Waals surface area contributed by atoms with Crippen LogP contribution in [0.25, 0.3) is 0 Å². The van der Waals surface area contributed by atoms with Crippen molar-refractivity contribution in [3.63, 3.8) is 0 Å². The third-order valence-electron chi connectivity index (χ3n) is 0. The van der Waals surface area contributed by atoms with Gasteiger partial charge in [-0.25, -0.2) is 0 Å². The van der Waals surface area contributed by atoms with E-state index < -0.39 is 17.9 Å². The normalized spacial score (nSPS) is 5.00. The molecule has 0 aliphatic carbocycles. The fourth-order valence-corrected chi connectivity index (χ4v) is 0. The summed E-state index contributed by atoms with van der Waals surface area (Å²) in [6, 6.07) is 0. The number of carboxylic acid groups (broad SMARTS) is 3. The van der Waals surface area contributed by atoms with E-state index in [1.165, 1.54) is 0 Å². The molecule has 0 radical (unpaired) electrons. The summed E-state index contributed by atoms with van der Waals surface area (Å²) in [5.74, 6) is -3.25. The van der Waals surface area contributed by atoms with Crippen LogP contribution in [-0.4, -0.2) is 17.9 Å². The van der Waals surface area contributed by atoms with Crippen LogP contribution < -0.4 is 104 Å². The summed E-state index contributed by atoms with van der Waals surface area (Å²) in [5.41, 5.74) is 0. The second kappa shape index (κ2) is 29.5. The molecule has 6 nitrogen and oxygen atoms in total. The molecule has 0 aromatic rings. The standard InChI is InChI=1S/3C2H4O2.3Na/c3*1-2(3)4;;;/h3*1H3,(H,3,4);;;/q;;;3*+1/p-3. The van der Waals surface area contributed by atoms with Crippen molar-refractivity contribution >= 4 is 17.9 Å². The minimum absolute atomic E-state index is 0. The van der Waals surface area contributed by atoms with Gasteiger partial charge < -0.3 is 29.7 Å². The molecule has 0 atom stereocenters.